The van der Waals surface area contributed by atoms with Crippen molar-refractivity contribution in [3.8, 4) is 17.3 Å². The summed E-state index contributed by atoms with van der Waals surface area (Å²) in [6.07, 6.45) is 4.10. The smallest absolute Gasteiger partial charge is 0.407 e. The second kappa shape index (κ2) is 6.78. The molecule has 3 heterocycles. The molecule has 2 aromatic rings. The van der Waals surface area contributed by atoms with Gasteiger partial charge in [-0.3, -0.25) is 9.58 Å². The van der Waals surface area contributed by atoms with Crippen LogP contribution in [0.4, 0.5) is 10.6 Å². The van der Waals surface area contributed by atoms with Gasteiger partial charge in [0.05, 0.1) is 17.9 Å². The number of nitrogens with zero attached hydrogens (tertiary/aromatic N) is 7. The molecule has 9 nitrogen and oxygen atoms in total. The molecule has 0 radical (unpaired) electrons. The van der Waals surface area contributed by atoms with E-state index in [-0.39, 0.29) is 11.1 Å². The van der Waals surface area contributed by atoms with Gasteiger partial charge in [0.1, 0.15) is 17.6 Å². The minimum absolute atomic E-state index is 0.236. The Hall–Kier alpha value is -3.15. The molecule has 1 atom stereocenters. The fraction of sp³-hybridized carbons (Fsp3) is 0.526. The Morgan fingerprint density at radius 3 is 2.57 bits per heavy atom. The average Bonchev–Trinajstić information content (AvgIpc) is 3.06. The fourth-order valence-corrected chi connectivity index (χ4v) is 3.51. The molecule has 1 N–H and O–H groups in total. The third-order valence-corrected chi connectivity index (χ3v) is 5.70. The molecule has 2 aromatic heterocycles. The fourth-order valence-electron chi connectivity index (χ4n) is 3.51. The summed E-state index contributed by atoms with van der Waals surface area (Å²) in [5.41, 5.74) is 0.541. The first-order valence-corrected chi connectivity index (χ1v) is 9.08. The van der Waals surface area contributed by atoms with Crippen molar-refractivity contribution in [2.45, 2.75) is 33.2 Å². The molecule has 1 amide bonds. The van der Waals surface area contributed by atoms with Crippen molar-refractivity contribution in [1.82, 2.24) is 24.6 Å². The van der Waals surface area contributed by atoms with Gasteiger partial charge >= 0.3 is 6.09 Å². The summed E-state index contributed by atoms with van der Waals surface area (Å²) in [5, 5.41) is 23.2. The number of rotatable bonds is 2. The third-order valence-electron chi connectivity index (χ3n) is 5.70. The van der Waals surface area contributed by atoms with Gasteiger partial charge in [-0.1, -0.05) is 20.8 Å². The lowest BCUT2D eigenvalue weighted by Gasteiger charge is -2.54. The van der Waals surface area contributed by atoms with Crippen LogP contribution in [0.2, 0.25) is 0 Å². The first-order valence-electron chi connectivity index (χ1n) is 9.08. The number of anilines is 1. The Bertz CT molecular complexity index is 940. The molecule has 0 aromatic carbocycles. The van der Waals surface area contributed by atoms with Crippen LogP contribution < -0.4 is 4.90 Å². The van der Waals surface area contributed by atoms with Gasteiger partial charge in [0, 0.05) is 38.4 Å². The van der Waals surface area contributed by atoms with Crippen molar-refractivity contribution >= 4 is 11.9 Å². The zero-order valence-electron chi connectivity index (χ0n) is 16.8. The van der Waals surface area contributed by atoms with Crippen LogP contribution in [0, 0.1) is 16.7 Å². The molecule has 3 rings (SSSR count). The van der Waals surface area contributed by atoms with Crippen LogP contribution in [-0.2, 0) is 7.05 Å². The van der Waals surface area contributed by atoms with E-state index < -0.39 is 11.6 Å². The van der Waals surface area contributed by atoms with Crippen LogP contribution in [-0.4, -0.2) is 61.0 Å². The number of piperazine rings is 1. The standard InChI is InChI=1S/C19H25N7O2/c1-18(2,3)19(4)12-25(6-7-26(19)17(27)28)15-10-21-14(8-20)16(23-15)13-9-22-24(5)11-13/h9-11H,6-7,12H2,1-5H3,(H,27,28)/t19-/m0/s1. The second-order valence-electron chi connectivity index (χ2n) is 8.32. The summed E-state index contributed by atoms with van der Waals surface area (Å²) >= 11 is 0. The van der Waals surface area contributed by atoms with Gasteiger partial charge in [0.2, 0.25) is 0 Å². The number of nitriles is 1. The van der Waals surface area contributed by atoms with E-state index in [0.29, 0.717) is 31.1 Å². The Kier molecular flexibility index (Phi) is 4.75. The van der Waals surface area contributed by atoms with E-state index in [9.17, 15) is 15.2 Å². The molecule has 148 valence electrons. The van der Waals surface area contributed by atoms with Crippen molar-refractivity contribution in [2.75, 3.05) is 24.5 Å². The van der Waals surface area contributed by atoms with Crippen LogP contribution in [0.15, 0.2) is 18.6 Å². The molecular formula is C19H25N7O2. The van der Waals surface area contributed by atoms with Crippen molar-refractivity contribution in [2.24, 2.45) is 12.5 Å². The highest BCUT2D eigenvalue weighted by molar-refractivity contribution is 5.68. The monoisotopic (exact) mass is 383 g/mol. The number of amides is 1. The second-order valence-corrected chi connectivity index (χ2v) is 8.32. The van der Waals surface area contributed by atoms with E-state index >= 15 is 0 Å². The van der Waals surface area contributed by atoms with E-state index in [4.69, 9.17) is 0 Å². The Morgan fingerprint density at radius 1 is 1.32 bits per heavy atom. The normalized spacial score (nSPS) is 20.1. The zero-order chi connectivity index (χ0) is 20.7. The molecule has 0 spiro atoms. The molecule has 28 heavy (non-hydrogen) atoms. The lowest BCUT2D eigenvalue weighted by molar-refractivity contribution is 0.00727. The molecule has 0 bridgehead atoms. The molecule has 1 fully saturated rings. The van der Waals surface area contributed by atoms with Crippen molar-refractivity contribution in [1.29, 1.82) is 5.26 Å². The Labute approximate surface area is 164 Å². The summed E-state index contributed by atoms with van der Waals surface area (Å²) in [5.74, 6) is 0.623. The predicted molar refractivity (Wildman–Crippen MR) is 104 cm³/mol. The Balaban J connectivity index is 2.00. The lowest BCUT2D eigenvalue weighted by Crippen LogP contribution is -2.67. The van der Waals surface area contributed by atoms with Gasteiger partial charge in [-0.05, 0) is 12.3 Å². The number of hydrogen-bond acceptors (Lipinski definition) is 6. The first kappa shape index (κ1) is 19.6. The summed E-state index contributed by atoms with van der Waals surface area (Å²) in [6, 6.07) is 2.08. The summed E-state index contributed by atoms with van der Waals surface area (Å²) < 4.78 is 1.65. The molecule has 0 saturated carbocycles. The summed E-state index contributed by atoms with van der Waals surface area (Å²) in [7, 11) is 1.80. The van der Waals surface area contributed by atoms with Crippen molar-refractivity contribution < 1.29 is 9.90 Å². The molecule has 0 aliphatic carbocycles. The maximum Gasteiger partial charge on any atom is 0.407 e. The Morgan fingerprint density at radius 2 is 2.04 bits per heavy atom. The molecule has 1 aliphatic heterocycles. The molecule has 1 aliphatic rings. The lowest BCUT2D eigenvalue weighted by atomic mass is 9.72. The SMILES string of the molecule is Cn1cc(-c2nc(N3CCN(C(=O)O)[C@](C)(C(C)(C)C)C3)cnc2C#N)cn1. The average molecular weight is 383 g/mol. The van der Waals surface area contributed by atoms with E-state index in [1.165, 1.54) is 4.90 Å². The van der Waals surface area contributed by atoms with Gasteiger partial charge in [0.25, 0.3) is 0 Å². The molecule has 9 heteroatoms. The van der Waals surface area contributed by atoms with Crippen LogP contribution in [0.1, 0.15) is 33.4 Å². The van der Waals surface area contributed by atoms with Gasteiger partial charge in [-0.2, -0.15) is 10.4 Å². The number of aryl methyl sites for hydroxylation is 1. The van der Waals surface area contributed by atoms with Crippen LogP contribution in [0.3, 0.4) is 0 Å². The van der Waals surface area contributed by atoms with E-state index in [1.54, 1.807) is 30.3 Å². The van der Waals surface area contributed by atoms with E-state index in [1.807, 2.05) is 32.6 Å². The highest BCUT2D eigenvalue weighted by atomic mass is 16.4. The quantitative estimate of drug-likeness (QED) is 0.847. The van der Waals surface area contributed by atoms with E-state index in [2.05, 4.69) is 21.1 Å². The van der Waals surface area contributed by atoms with Crippen LogP contribution in [0.25, 0.3) is 11.3 Å². The third kappa shape index (κ3) is 3.26. The van der Waals surface area contributed by atoms with Gasteiger partial charge in [-0.15, -0.1) is 0 Å². The molecule has 0 unspecified atom stereocenters. The highest BCUT2D eigenvalue weighted by Gasteiger charge is 2.48. The predicted octanol–water partition coefficient (Wildman–Crippen LogP) is 2.35. The minimum atomic E-state index is -0.918. The molecule has 1 saturated heterocycles. The van der Waals surface area contributed by atoms with E-state index in [0.717, 1.165) is 5.56 Å². The van der Waals surface area contributed by atoms with Crippen LogP contribution in [0.5, 0.6) is 0 Å². The zero-order valence-corrected chi connectivity index (χ0v) is 16.8. The molecular weight excluding hydrogens is 358 g/mol. The van der Waals surface area contributed by atoms with Gasteiger partial charge in [-0.25, -0.2) is 14.8 Å². The first-order chi connectivity index (χ1) is 13.1. The maximum atomic E-state index is 11.8. The van der Waals surface area contributed by atoms with Crippen LogP contribution >= 0.6 is 0 Å². The number of aromatic nitrogens is 4. The highest BCUT2D eigenvalue weighted by Crippen LogP contribution is 2.39. The van der Waals surface area contributed by atoms with Gasteiger partial charge in [0.15, 0.2) is 5.69 Å². The number of carboxylic acid groups (broad SMARTS) is 1. The van der Waals surface area contributed by atoms with Gasteiger partial charge < -0.3 is 10.0 Å². The summed E-state index contributed by atoms with van der Waals surface area (Å²) in [4.78, 5) is 24.4. The number of hydrogen-bond donors (Lipinski definition) is 1. The summed E-state index contributed by atoms with van der Waals surface area (Å²) in [6.45, 7) is 9.44. The maximum absolute atomic E-state index is 11.8. The van der Waals surface area contributed by atoms with Crippen molar-refractivity contribution in [3.05, 3.63) is 24.3 Å². The largest absolute Gasteiger partial charge is 0.465 e. The number of carbonyl (C=O) groups is 1. The topological polar surface area (TPSA) is 111 Å². The minimum Gasteiger partial charge on any atom is -0.465 e. The van der Waals surface area contributed by atoms with Crippen molar-refractivity contribution in [3.63, 3.8) is 0 Å².